The highest BCUT2D eigenvalue weighted by Crippen LogP contribution is 2.60. The highest BCUT2D eigenvalue weighted by molar-refractivity contribution is 6.13. The first kappa shape index (κ1) is 33.5. The van der Waals surface area contributed by atoms with E-state index in [0.717, 1.165) is 17.1 Å². The van der Waals surface area contributed by atoms with Gasteiger partial charge in [0.05, 0.1) is 27.8 Å². The maximum absolute atomic E-state index is 2.52. The number of anilines is 3. The molecular weight excluding hydrogens is 713 g/mol. The lowest BCUT2D eigenvalue weighted by atomic mass is 9.67. The molecular formula is C57H38N2. The van der Waals surface area contributed by atoms with Gasteiger partial charge in [0.1, 0.15) is 0 Å². The molecule has 12 rings (SSSR count). The van der Waals surface area contributed by atoms with Crippen LogP contribution >= 0.6 is 0 Å². The van der Waals surface area contributed by atoms with Crippen molar-refractivity contribution in [2.45, 2.75) is 5.41 Å². The Morgan fingerprint density at radius 1 is 0.356 bits per heavy atom. The van der Waals surface area contributed by atoms with Gasteiger partial charge in [-0.3, -0.25) is 0 Å². The van der Waals surface area contributed by atoms with Crippen LogP contribution in [0.1, 0.15) is 22.3 Å². The van der Waals surface area contributed by atoms with Crippen LogP contribution in [-0.2, 0) is 5.41 Å². The summed E-state index contributed by atoms with van der Waals surface area (Å²) < 4.78 is 2.50. The SMILES string of the molecule is c1ccc(N(c2ccc3c(c2)C(c2ccccc2)(c2ccccc2)c2cc(-n4c5ccccc5c5ccccc54)c4ccccc4c2-3)c2cccc3ccccc23)cc1. The maximum atomic E-state index is 2.52. The Morgan fingerprint density at radius 3 is 1.54 bits per heavy atom. The van der Waals surface area contributed by atoms with Gasteiger partial charge >= 0.3 is 0 Å². The second kappa shape index (κ2) is 13.2. The van der Waals surface area contributed by atoms with Gasteiger partial charge in [-0.1, -0.05) is 182 Å². The third-order valence-electron chi connectivity index (χ3n) is 12.6. The molecule has 0 N–H and O–H groups in total. The van der Waals surface area contributed by atoms with Gasteiger partial charge < -0.3 is 9.47 Å². The van der Waals surface area contributed by atoms with Gasteiger partial charge in [0.2, 0.25) is 0 Å². The van der Waals surface area contributed by atoms with Crippen LogP contribution in [0.15, 0.2) is 231 Å². The summed E-state index contributed by atoms with van der Waals surface area (Å²) >= 11 is 0. The van der Waals surface area contributed by atoms with Crippen LogP contribution in [0.2, 0.25) is 0 Å². The number of benzene rings is 10. The smallest absolute Gasteiger partial charge is 0.0715 e. The summed E-state index contributed by atoms with van der Waals surface area (Å²) in [6.07, 6.45) is 0. The van der Waals surface area contributed by atoms with Gasteiger partial charge in [0, 0.05) is 32.9 Å². The zero-order valence-electron chi connectivity index (χ0n) is 32.3. The summed E-state index contributed by atoms with van der Waals surface area (Å²) in [7, 11) is 0. The number of hydrogen-bond donors (Lipinski definition) is 0. The van der Waals surface area contributed by atoms with Gasteiger partial charge in [0.25, 0.3) is 0 Å². The number of rotatable bonds is 6. The number of para-hydroxylation sites is 3. The Bertz CT molecular complexity index is 3280. The largest absolute Gasteiger partial charge is 0.310 e. The molecule has 0 spiro atoms. The summed E-state index contributed by atoms with van der Waals surface area (Å²) in [6, 6.07) is 85.0. The summed E-state index contributed by atoms with van der Waals surface area (Å²) in [5, 5.41) is 7.41. The lowest BCUT2D eigenvalue weighted by Gasteiger charge is -2.35. The fourth-order valence-electron chi connectivity index (χ4n) is 10.2. The van der Waals surface area contributed by atoms with E-state index in [0.29, 0.717) is 0 Å². The van der Waals surface area contributed by atoms with Crippen molar-refractivity contribution in [1.82, 2.24) is 4.57 Å². The topological polar surface area (TPSA) is 8.17 Å². The molecule has 59 heavy (non-hydrogen) atoms. The first-order valence-corrected chi connectivity index (χ1v) is 20.4. The Labute approximate surface area is 343 Å². The van der Waals surface area contributed by atoms with Gasteiger partial charge in [0.15, 0.2) is 0 Å². The molecule has 1 heterocycles. The quantitative estimate of drug-likeness (QED) is 0.164. The Hall–Kier alpha value is -7.68. The van der Waals surface area contributed by atoms with Gasteiger partial charge in [-0.2, -0.15) is 0 Å². The highest BCUT2D eigenvalue weighted by Gasteiger charge is 2.47. The number of fused-ring (bicyclic) bond motifs is 9. The fourth-order valence-corrected chi connectivity index (χ4v) is 10.2. The van der Waals surface area contributed by atoms with Crippen LogP contribution in [0, 0.1) is 0 Å². The van der Waals surface area contributed by atoms with Crippen molar-refractivity contribution in [3.8, 4) is 16.8 Å². The number of nitrogens with zero attached hydrogens (tertiary/aromatic N) is 2. The summed E-state index contributed by atoms with van der Waals surface area (Å²) in [5.74, 6) is 0. The molecule has 0 radical (unpaired) electrons. The minimum Gasteiger partial charge on any atom is -0.310 e. The van der Waals surface area contributed by atoms with Crippen molar-refractivity contribution in [2.24, 2.45) is 0 Å². The van der Waals surface area contributed by atoms with Crippen LogP contribution in [-0.4, -0.2) is 4.57 Å². The van der Waals surface area contributed by atoms with Crippen LogP contribution in [0.3, 0.4) is 0 Å². The van der Waals surface area contributed by atoms with Gasteiger partial charge in [-0.05, 0) is 92.7 Å². The second-order valence-electron chi connectivity index (χ2n) is 15.6. The van der Waals surface area contributed by atoms with E-state index in [9.17, 15) is 0 Å². The predicted molar refractivity (Wildman–Crippen MR) is 248 cm³/mol. The molecule has 2 nitrogen and oxygen atoms in total. The molecule has 11 aromatic rings. The van der Waals surface area contributed by atoms with E-state index in [1.807, 2.05) is 0 Å². The third-order valence-corrected chi connectivity index (χ3v) is 12.6. The van der Waals surface area contributed by atoms with Crippen molar-refractivity contribution >= 4 is 60.4 Å². The molecule has 10 aromatic carbocycles. The van der Waals surface area contributed by atoms with E-state index in [1.54, 1.807) is 0 Å². The second-order valence-corrected chi connectivity index (χ2v) is 15.6. The van der Waals surface area contributed by atoms with E-state index >= 15 is 0 Å². The van der Waals surface area contributed by atoms with Crippen molar-refractivity contribution in [3.05, 3.63) is 253 Å². The van der Waals surface area contributed by atoms with Crippen LogP contribution < -0.4 is 4.90 Å². The van der Waals surface area contributed by atoms with Crippen molar-refractivity contribution in [1.29, 1.82) is 0 Å². The molecule has 0 saturated carbocycles. The highest BCUT2D eigenvalue weighted by atomic mass is 15.1. The van der Waals surface area contributed by atoms with Crippen molar-refractivity contribution < 1.29 is 0 Å². The molecule has 1 aliphatic rings. The average Bonchev–Trinajstić information content (AvgIpc) is 3.80. The van der Waals surface area contributed by atoms with E-state index in [2.05, 4.69) is 240 Å². The molecule has 0 fully saturated rings. The molecule has 0 amide bonds. The summed E-state index contributed by atoms with van der Waals surface area (Å²) in [4.78, 5) is 2.44. The van der Waals surface area contributed by atoms with Crippen LogP contribution in [0.5, 0.6) is 0 Å². The molecule has 0 unspecified atom stereocenters. The Balaban J connectivity index is 1.22. The molecule has 0 bridgehead atoms. The summed E-state index contributed by atoms with van der Waals surface area (Å²) in [5.41, 5.74) is 13.9. The minimum atomic E-state index is -0.637. The van der Waals surface area contributed by atoms with E-state index < -0.39 is 5.41 Å². The van der Waals surface area contributed by atoms with Crippen LogP contribution in [0.25, 0.3) is 60.2 Å². The zero-order chi connectivity index (χ0) is 38.9. The molecule has 0 aliphatic heterocycles. The zero-order valence-corrected chi connectivity index (χ0v) is 32.3. The Kier molecular flexibility index (Phi) is 7.48. The monoisotopic (exact) mass is 750 g/mol. The maximum Gasteiger partial charge on any atom is 0.0715 e. The molecule has 276 valence electrons. The molecule has 1 aliphatic carbocycles. The van der Waals surface area contributed by atoms with Crippen LogP contribution in [0.4, 0.5) is 17.1 Å². The van der Waals surface area contributed by atoms with E-state index in [-0.39, 0.29) is 0 Å². The standard InChI is InChI=1S/C57H38N2/c1-4-21-40(22-5-1)57(41-23-6-2-7-24-41)50-37-43(58(42-25-8-3-9-26-42)52-34-18-20-39-19-10-11-27-44(39)52)35-36-49(50)56-48-31-13-12-30-47(48)55(38-51(56)57)59-53-32-16-14-28-45(53)46-29-15-17-33-54(46)59/h1-38H. The van der Waals surface area contributed by atoms with E-state index in [1.165, 1.54) is 82.4 Å². The average molecular weight is 751 g/mol. The minimum absolute atomic E-state index is 0.637. The van der Waals surface area contributed by atoms with Gasteiger partial charge in [-0.15, -0.1) is 0 Å². The summed E-state index contributed by atoms with van der Waals surface area (Å²) in [6.45, 7) is 0. The normalized spacial score (nSPS) is 12.9. The van der Waals surface area contributed by atoms with Gasteiger partial charge in [-0.25, -0.2) is 0 Å². The number of hydrogen-bond acceptors (Lipinski definition) is 1. The lowest BCUT2D eigenvalue weighted by molar-refractivity contribution is 0.768. The number of aromatic nitrogens is 1. The molecule has 0 atom stereocenters. The lowest BCUT2D eigenvalue weighted by Crippen LogP contribution is -2.29. The van der Waals surface area contributed by atoms with E-state index in [4.69, 9.17) is 0 Å². The fraction of sp³-hybridized carbons (Fsp3) is 0.0175. The molecule has 0 saturated heterocycles. The molecule has 1 aromatic heterocycles. The van der Waals surface area contributed by atoms with Crippen molar-refractivity contribution in [3.63, 3.8) is 0 Å². The molecule has 2 heteroatoms. The first-order chi connectivity index (χ1) is 29.3. The van der Waals surface area contributed by atoms with Crippen molar-refractivity contribution in [2.75, 3.05) is 4.90 Å². The predicted octanol–water partition coefficient (Wildman–Crippen LogP) is 14.9. The third kappa shape index (κ3) is 4.87. The first-order valence-electron chi connectivity index (χ1n) is 20.4. The Morgan fingerprint density at radius 2 is 0.881 bits per heavy atom.